The van der Waals surface area contributed by atoms with E-state index >= 15 is 0 Å². The zero-order chi connectivity index (χ0) is 16.4. The molecule has 1 atom stereocenters. The lowest BCUT2D eigenvalue weighted by Gasteiger charge is -2.33. The summed E-state index contributed by atoms with van der Waals surface area (Å²) in [5, 5.41) is 9.67. The van der Waals surface area contributed by atoms with E-state index in [1.165, 1.54) is 0 Å². The fourth-order valence-corrected chi connectivity index (χ4v) is 2.91. The fraction of sp³-hybridized carbons (Fsp3) is 0.625. The number of hydrogen-bond acceptors (Lipinski definition) is 4. The van der Waals surface area contributed by atoms with E-state index in [1.807, 2.05) is 18.2 Å². The zero-order valence-electron chi connectivity index (χ0n) is 13.7. The molecule has 0 heterocycles. The highest BCUT2D eigenvalue weighted by atomic mass is 31.2. The molecular formula is C16H27O4P. The largest absolute Gasteiger partial charge is 0.393 e. The smallest absolute Gasteiger partial charge is 0.327 e. The van der Waals surface area contributed by atoms with E-state index in [1.54, 1.807) is 0 Å². The summed E-state index contributed by atoms with van der Waals surface area (Å²) in [5.41, 5.74) is 2.68. The van der Waals surface area contributed by atoms with Crippen LogP contribution < -0.4 is 0 Å². The molecule has 0 radical (unpaired) electrons. The molecule has 0 saturated heterocycles. The highest BCUT2D eigenvalue weighted by Gasteiger charge is 2.30. The van der Waals surface area contributed by atoms with E-state index < -0.39 is 14.7 Å². The van der Waals surface area contributed by atoms with Gasteiger partial charge in [0.15, 0.2) is 0 Å². The lowest BCUT2D eigenvalue weighted by atomic mass is 9.75. The van der Waals surface area contributed by atoms with E-state index in [4.69, 9.17) is 4.52 Å². The number of benzene rings is 1. The minimum absolute atomic E-state index is 0.138. The summed E-state index contributed by atoms with van der Waals surface area (Å²) in [6, 6.07) is 6.01. The Bertz CT molecular complexity index is 440. The average molecular weight is 314 g/mol. The van der Waals surface area contributed by atoms with E-state index in [2.05, 4.69) is 41.5 Å². The van der Waals surface area contributed by atoms with Gasteiger partial charge < -0.3 is 19.4 Å². The number of aliphatic hydroxyl groups is 1. The predicted molar refractivity (Wildman–Crippen MR) is 86.1 cm³/mol. The van der Waals surface area contributed by atoms with Crippen LogP contribution in [0, 0.1) is 0 Å². The number of aliphatic hydroxyl groups excluding tert-OH is 1. The van der Waals surface area contributed by atoms with Gasteiger partial charge in [-0.15, -0.1) is 0 Å². The second kappa shape index (κ2) is 6.72. The average Bonchev–Trinajstić information content (AvgIpc) is 2.32. The highest BCUT2D eigenvalue weighted by Crippen LogP contribution is 2.42. The molecule has 0 amide bonds. The molecule has 0 aliphatic carbocycles. The molecule has 5 heteroatoms. The lowest BCUT2D eigenvalue weighted by molar-refractivity contribution is 0.0988. The van der Waals surface area contributed by atoms with Gasteiger partial charge in [0.1, 0.15) is 6.10 Å². The first kappa shape index (κ1) is 18.5. The van der Waals surface area contributed by atoms with Crippen LogP contribution in [0.5, 0.6) is 0 Å². The Morgan fingerprint density at radius 3 is 1.71 bits per heavy atom. The van der Waals surface area contributed by atoms with Crippen molar-refractivity contribution in [1.29, 1.82) is 0 Å². The molecule has 3 N–H and O–H groups in total. The van der Waals surface area contributed by atoms with Crippen LogP contribution >= 0.6 is 8.60 Å². The van der Waals surface area contributed by atoms with E-state index in [0.717, 1.165) is 16.7 Å². The number of hydrogen-bond donors (Lipinski definition) is 3. The molecule has 1 aromatic rings. The maximum atomic E-state index is 9.67. The number of rotatable bonds is 4. The van der Waals surface area contributed by atoms with Crippen LogP contribution in [0.3, 0.4) is 0 Å². The fourth-order valence-electron chi connectivity index (χ4n) is 2.51. The Kier molecular flexibility index (Phi) is 5.93. The van der Waals surface area contributed by atoms with Gasteiger partial charge in [-0.2, -0.15) is 0 Å². The summed E-state index contributed by atoms with van der Waals surface area (Å²) in [4.78, 5) is 18.4. The molecule has 0 aromatic heterocycles. The van der Waals surface area contributed by atoms with Crippen molar-refractivity contribution in [3.05, 3.63) is 34.9 Å². The SMILES string of the molecule is CC(C)(C)c1cccc(C(C)(C)C)c1C(CO)OP(O)O. The maximum Gasteiger partial charge on any atom is 0.327 e. The molecule has 0 spiro atoms. The third-order valence-corrected chi connectivity index (χ3v) is 3.87. The third-order valence-electron chi connectivity index (χ3n) is 3.43. The summed E-state index contributed by atoms with van der Waals surface area (Å²) in [7, 11) is -2.53. The van der Waals surface area contributed by atoms with E-state index in [9.17, 15) is 14.9 Å². The first-order chi connectivity index (χ1) is 9.48. The summed E-state index contributed by atoms with van der Waals surface area (Å²) in [6.45, 7) is 12.2. The molecule has 120 valence electrons. The standard InChI is InChI=1S/C16H27O4P/c1-15(2,3)11-8-7-9-12(16(4,5)6)14(11)13(10-17)20-21(18)19/h7-9,13,17-19H,10H2,1-6H3. The summed E-state index contributed by atoms with van der Waals surface area (Å²) >= 11 is 0. The van der Waals surface area contributed by atoms with Crippen LogP contribution in [0.15, 0.2) is 18.2 Å². The van der Waals surface area contributed by atoms with Gasteiger partial charge in [-0.1, -0.05) is 59.7 Å². The van der Waals surface area contributed by atoms with Crippen molar-refractivity contribution in [3.8, 4) is 0 Å². The highest BCUT2D eigenvalue weighted by molar-refractivity contribution is 7.39. The van der Waals surface area contributed by atoms with Gasteiger partial charge in [0, 0.05) is 0 Å². The first-order valence-corrected chi connectivity index (χ1v) is 8.24. The Morgan fingerprint density at radius 1 is 1.00 bits per heavy atom. The van der Waals surface area contributed by atoms with Gasteiger partial charge >= 0.3 is 8.60 Å². The Labute approximate surface area is 128 Å². The zero-order valence-corrected chi connectivity index (χ0v) is 14.6. The van der Waals surface area contributed by atoms with Gasteiger partial charge in [-0.25, -0.2) is 0 Å². The molecule has 0 aliphatic rings. The van der Waals surface area contributed by atoms with Crippen molar-refractivity contribution in [1.82, 2.24) is 0 Å². The minimum Gasteiger partial charge on any atom is -0.393 e. The second-order valence-electron chi connectivity index (χ2n) is 7.30. The van der Waals surface area contributed by atoms with Crippen LogP contribution in [0.2, 0.25) is 0 Å². The first-order valence-electron chi connectivity index (χ1n) is 7.08. The molecular weight excluding hydrogens is 287 g/mol. The molecule has 1 rings (SSSR count). The molecule has 0 bridgehead atoms. The normalized spacial score (nSPS) is 14.6. The van der Waals surface area contributed by atoms with Crippen LogP contribution in [-0.2, 0) is 15.4 Å². The van der Waals surface area contributed by atoms with Crippen LogP contribution in [0.1, 0.15) is 64.3 Å². The van der Waals surface area contributed by atoms with Crippen molar-refractivity contribution < 1.29 is 19.4 Å². The Balaban J connectivity index is 3.55. The molecule has 1 aromatic carbocycles. The van der Waals surface area contributed by atoms with Gasteiger partial charge in [0.25, 0.3) is 0 Å². The molecule has 1 unspecified atom stereocenters. The molecule has 0 fully saturated rings. The van der Waals surface area contributed by atoms with Crippen molar-refractivity contribution in [3.63, 3.8) is 0 Å². The summed E-state index contributed by atoms with van der Waals surface area (Å²) in [6.07, 6.45) is -0.740. The van der Waals surface area contributed by atoms with Crippen molar-refractivity contribution in [2.75, 3.05) is 6.61 Å². The lowest BCUT2D eigenvalue weighted by Crippen LogP contribution is -2.24. The monoisotopic (exact) mass is 314 g/mol. The minimum atomic E-state index is -2.53. The van der Waals surface area contributed by atoms with Crippen LogP contribution in [0.4, 0.5) is 0 Å². The third kappa shape index (κ3) is 4.73. The van der Waals surface area contributed by atoms with Crippen LogP contribution in [0.25, 0.3) is 0 Å². The second-order valence-corrected chi connectivity index (χ2v) is 8.01. The summed E-state index contributed by atoms with van der Waals surface area (Å²) < 4.78 is 5.18. The molecule has 0 saturated carbocycles. The quantitative estimate of drug-likeness (QED) is 0.743. The van der Waals surface area contributed by atoms with Crippen molar-refractivity contribution in [2.45, 2.75) is 58.5 Å². The Hall–Kier alpha value is -0.510. The van der Waals surface area contributed by atoms with Gasteiger partial charge in [0.2, 0.25) is 0 Å². The van der Waals surface area contributed by atoms with E-state index in [0.29, 0.717) is 0 Å². The van der Waals surface area contributed by atoms with Gasteiger partial charge in [0.05, 0.1) is 6.61 Å². The maximum absolute atomic E-state index is 9.67. The van der Waals surface area contributed by atoms with Crippen LogP contribution in [-0.4, -0.2) is 21.5 Å². The van der Waals surface area contributed by atoms with Gasteiger partial charge in [-0.05, 0) is 27.5 Å². The molecule has 0 aliphatic heterocycles. The van der Waals surface area contributed by atoms with Crippen molar-refractivity contribution in [2.24, 2.45) is 0 Å². The van der Waals surface area contributed by atoms with E-state index in [-0.39, 0.29) is 17.4 Å². The summed E-state index contributed by atoms with van der Waals surface area (Å²) in [5.74, 6) is 0. The molecule has 4 nitrogen and oxygen atoms in total. The molecule has 21 heavy (non-hydrogen) atoms. The van der Waals surface area contributed by atoms with Crippen molar-refractivity contribution >= 4 is 8.60 Å². The topological polar surface area (TPSA) is 69.9 Å². The van der Waals surface area contributed by atoms with Gasteiger partial charge in [-0.3, -0.25) is 0 Å². The Morgan fingerprint density at radius 2 is 1.43 bits per heavy atom. The predicted octanol–water partition coefficient (Wildman–Crippen LogP) is 3.54.